The minimum absolute atomic E-state index is 0.210. The third-order valence-corrected chi connectivity index (χ3v) is 6.89. The van der Waals surface area contributed by atoms with E-state index in [2.05, 4.69) is 54.9 Å². The first kappa shape index (κ1) is 15.7. The molecule has 1 aliphatic heterocycles. The van der Waals surface area contributed by atoms with Gasteiger partial charge < -0.3 is 4.90 Å². The van der Waals surface area contributed by atoms with E-state index in [4.69, 9.17) is 0 Å². The first-order valence-corrected chi connectivity index (χ1v) is 12.9. The van der Waals surface area contributed by atoms with Crippen LogP contribution in [0.2, 0.25) is 19.6 Å². The van der Waals surface area contributed by atoms with E-state index in [1.165, 1.54) is 10.6 Å². The highest BCUT2D eigenvalue weighted by Gasteiger charge is 2.35. The van der Waals surface area contributed by atoms with Crippen LogP contribution in [0, 0.1) is 0 Å². The number of Topliss-reactive ketones (excluding diaryl/α,β-unsaturated/α-hetero) is 1. The molecule has 0 N–H and O–H groups in total. The van der Waals surface area contributed by atoms with Crippen molar-refractivity contribution in [2.45, 2.75) is 31.0 Å². The molecule has 0 bridgehead atoms. The van der Waals surface area contributed by atoms with Gasteiger partial charge >= 0.3 is 0 Å². The highest BCUT2D eigenvalue weighted by atomic mass is 32.2. The highest BCUT2D eigenvalue weighted by molar-refractivity contribution is 8.03. The minimum Gasteiger partial charge on any atom is -0.338 e. The van der Waals surface area contributed by atoms with Crippen LogP contribution in [-0.4, -0.2) is 20.0 Å². The molecule has 0 unspecified atom stereocenters. The number of carbonyl (C=O) groups is 1. The summed E-state index contributed by atoms with van der Waals surface area (Å²) in [6.07, 6.45) is 1.80. The fourth-order valence-corrected chi connectivity index (χ4v) is 5.98. The Bertz CT molecular complexity index is 866. The molecule has 24 heavy (non-hydrogen) atoms. The third kappa shape index (κ3) is 2.64. The van der Waals surface area contributed by atoms with Crippen LogP contribution >= 0.6 is 11.8 Å². The molecule has 122 valence electrons. The number of benzene rings is 2. The maximum absolute atomic E-state index is 13.0. The van der Waals surface area contributed by atoms with Crippen molar-refractivity contribution in [1.82, 2.24) is 0 Å². The molecule has 0 fully saturated rings. The number of fused-ring (bicyclic) bond motifs is 2. The monoisotopic (exact) mass is 351 g/mol. The number of nitrogens with zero attached hydrogens (tertiary/aromatic N) is 1. The molecule has 0 radical (unpaired) electrons. The zero-order valence-electron chi connectivity index (χ0n) is 14.3. The van der Waals surface area contributed by atoms with Crippen LogP contribution in [0.25, 0.3) is 0 Å². The zero-order valence-corrected chi connectivity index (χ0v) is 16.1. The Morgan fingerprint density at radius 3 is 2.50 bits per heavy atom. The second-order valence-electron chi connectivity index (χ2n) is 7.66. The van der Waals surface area contributed by atoms with Gasteiger partial charge in [0.1, 0.15) is 0 Å². The quantitative estimate of drug-likeness (QED) is 0.553. The summed E-state index contributed by atoms with van der Waals surface area (Å²) in [4.78, 5) is 16.6. The number of anilines is 1. The van der Waals surface area contributed by atoms with Crippen molar-refractivity contribution in [1.29, 1.82) is 0 Å². The van der Waals surface area contributed by atoms with Gasteiger partial charge in [-0.15, -0.1) is 0 Å². The van der Waals surface area contributed by atoms with Gasteiger partial charge in [-0.3, -0.25) is 4.79 Å². The fraction of sp³-hybridized carbons (Fsp3) is 0.250. The highest BCUT2D eigenvalue weighted by Crippen LogP contribution is 2.49. The van der Waals surface area contributed by atoms with Crippen LogP contribution in [-0.2, 0) is 6.42 Å². The smallest absolute Gasteiger partial charge is 0.192 e. The predicted molar refractivity (Wildman–Crippen MR) is 104 cm³/mol. The zero-order chi connectivity index (χ0) is 16.9. The number of rotatable bonds is 2. The summed E-state index contributed by atoms with van der Waals surface area (Å²) in [5.74, 6) is 0.210. The lowest BCUT2D eigenvalue weighted by atomic mass is 10.1. The molecule has 0 atom stereocenters. The van der Waals surface area contributed by atoms with Crippen LogP contribution in [0.15, 0.2) is 64.0 Å². The second kappa shape index (κ2) is 5.64. The Balaban J connectivity index is 1.82. The van der Waals surface area contributed by atoms with Gasteiger partial charge in [0.25, 0.3) is 0 Å². The van der Waals surface area contributed by atoms with E-state index in [0.29, 0.717) is 0 Å². The molecule has 0 saturated carbocycles. The first-order valence-electron chi connectivity index (χ1n) is 8.34. The molecular weight excluding hydrogens is 330 g/mol. The van der Waals surface area contributed by atoms with E-state index < -0.39 is 8.07 Å². The van der Waals surface area contributed by atoms with Gasteiger partial charge in [0.05, 0.1) is 18.8 Å². The van der Waals surface area contributed by atoms with Crippen molar-refractivity contribution < 1.29 is 4.79 Å². The van der Waals surface area contributed by atoms with Gasteiger partial charge in [-0.1, -0.05) is 67.8 Å². The minimum atomic E-state index is -1.32. The van der Waals surface area contributed by atoms with Crippen molar-refractivity contribution in [2.24, 2.45) is 0 Å². The van der Waals surface area contributed by atoms with E-state index in [-0.39, 0.29) is 5.78 Å². The number of ketones is 1. The number of allylic oxidation sites excluding steroid dienone is 1. The number of para-hydroxylation sites is 1. The second-order valence-corrected chi connectivity index (χ2v) is 14.1. The molecule has 0 amide bonds. The Hall–Kier alpha value is -1.78. The summed E-state index contributed by atoms with van der Waals surface area (Å²) in [5, 5.41) is 1.15. The first-order chi connectivity index (χ1) is 11.4. The van der Waals surface area contributed by atoms with Crippen molar-refractivity contribution in [3.05, 3.63) is 70.3 Å². The van der Waals surface area contributed by atoms with Crippen LogP contribution < -0.4 is 4.90 Å². The summed E-state index contributed by atoms with van der Waals surface area (Å²) in [7, 11) is -1.32. The lowest BCUT2D eigenvalue weighted by molar-refractivity contribution is 0.103. The van der Waals surface area contributed by atoms with E-state index in [9.17, 15) is 4.79 Å². The van der Waals surface area contributed by atoms with Crippen LogP contribution in [0.5, 0.6) is 0 Å². The average molecular weight is 352 g/mol. The molecule has 0 saturated heterocycles. The molecule has 1 heterocycles. The van der Waals surface area contributed by atoms with Gasteiger partial charge in [-0.25, -0.2) is 0 Å². The van der Waals surface area contributed by atoms with Crippen molar-refractivity contribution in [3.63, 3.8) is 0 Å². The summed E-state index contributed by atoms with van der Waals surface area (Å²) in [6, 6.07) is 16.5. The molecular formula is C20H21NOSSi. The van der Waals surface area contributed by atoms with Crippen molar-refractivity contribution in [3.8, 4) is 0 Å². The van der Waals surface area contributed by atoms with E-state index in [1.54, 1.807) is 11.8 Å². The summed E-state index contributed by atoms with van der Waals surface area (Å²) in [6.45, 7) is 7.14. The average Bonchev–Trinajstić information content (AvgIpc) is 3.05. The molecule has 2 nitrogen and oxygen atoms in total. The van der Waals surface area contributed by atoms with Gasteiger partial charge in [0.2, 0.25) is 0 Å². The SMILES string of the molecule is C[Si](C)(C)CN1/C(=C2/Cc3ccccc3C2=O)Sc2ccccc21. The largest absolute Gasteiger partial charge is 0.338 e. The normalized spacial score (nSPS) is 19.6. The summed E-state index contributed by atoms with van der Waals surface area (Å²) < 4.78 is 0. The lowest BCUT2D eigenvalue weighted by Crippen LogP contribution is -2.38. The molecule has 2 aromatic rings. The predicted octanol–water partition coefficient (Wildman–Crippen LogP) is 5.13. The Kier molecular flexibility index (Phi) is 3.70. The van der Waals surface area contributed by atoms with E-state index in [1.807, 2.05) is 18.2 Å². The van der Waals surface area contributed by atoms with Gasteiger partial charge in [-0.2, -0.15) is 0 Å². The summed E-state index contributed by atoms with van der Waals surface area (Å²) >= 11 is 1.76. The Morgan fingerprint density at radius 2 is 1.75 bits per heavy atom. The van der Waals surface area contributed by atoms with Crippen molar-refractivity contribution >= 4 is 31.3 Å². The molecule has 4 heteroatoms. The lowest BCUT2D eigenvalue weighted by Gasteiger charge is -2.28. The molecule has 4 rings (SSSR count). The standard InChI is InChI=1S/C20H21NOSSi/c1-24(2,3)13-21-17-10-6-7-11-18(17)23-20(21)16-12-14-8-4-5-9-15(14)19(16)22/h4-11H,12-13H2,1-3H3/b20-16+. The van der Waals surface area contributed by atoms with Crippen LogP contribution in [0.1, 0.15) is 15.9 Å². The molecule has 2 aliphatic rings. The van der Waals surface area contributed by atoms with E-state index in [0.717, 1.165) is 34.3 Å². The van der Waals surface area contributed by atoms with Crippen LogP contribution in [0.4, 0.5) is 5.69 Å². The maximum Gasteiger partial charge on any atom is 0.192 e. The van der Waals surface area contributed by atoms with E-state index >= 15 is 0 Å². The molecule has 0 spiro atoms. The van der Waals surface area contributed by atoms with Crippen LogP contribution in [0.3, 0.4) is 0 Å². The molecule has 0 aromatic heterocycles. The fourth-order valence-electron chi connectivity index (χ4n) is 3.39. The number of carbonyl (C=O) groups excluding carboxylic acids is 1. The van der Waals surface area contributed by atoms with Crippen molar-refractivity contribution in [2.75, 3.05) is 11.1 Å². The molecule has 1 aliphatic carbocycles. The Morgan fingerprint density at radius 1 is 1.04 bits per heavy atom. The third-order valence-electron chi connectivity index (χ3n) is 4.40. The maximum atomic E-state index is 13.0. The van der Waals surface area contributed by atoms with Gasteiger partial charge in [-0.05, 0) is 17.7 Å². The van der Waals surface area contributed by atoms with Gasteiger partial charge in [0.15, 0.2) is 5.78 Å². The Labute approximate surface area is 148 Å². The molecule has 2 aromatic carbocycles. The van der Waals surface area contributed by atoms with Gasteiger partial charge in [0, 0.05) is 28.6 Å². The number of hydrogen-bond donors (Lipinski definition) is 0. The number of hydrogen-bond acceptors (Lipinski definition) is 3. The topological polar surface area (TPSA) is 20.3 Å². The number of thioether (sulfide) groups is 1. The summed E-state index contributed by atoms with van der Waals surface area (Å²) in [5.41, 5.74) is 4.27.